The highest BCUT2D eigenvalue weighted by atomic mass is 16.4. The fourth-order valence-electron chi connectivity index (χ4n) is 2.11. The standard InChI is InChI=1S/C16H21N3O4/c1-10(2)19(9-14(20)21)15(22)11-4-3-5-13(8-11)18-16(23)17-12-6-7-12/h3-5,8,10,12H,6-7,9H2,1-2H3,(H,20,21)(H2,17,18,23). The van der Waals surface area contributed by atoms with Crippen LogP contribution in [0.3, 0.4) is 0 Å². The predicted molar refractivity (Wildman–Crippen MR) is 85.4 cm³/mol. The Morgan fingerprint density at radius 3 is 2.57 bits per heavy atom. The number of rotatable bonds is 6. The third-order valence-corrected chi connectivity index (χ3v) is 3.47. The third kappa shape index (κ3) is 4.98. The summed E-state index contributed by atoms with van der Waals surface area (Å²) in [5.41, 5.74) is 0.831. The van der Waals surface area contributed by atoms with Crippen molar-refractivity contribution in [2.45, 2.75) is 38.8 Å². The molecule has 0 radical (unpaired) electrons. The molecule has 1 fully saturated rings. The summed E-state index contributed by atoms with van der Waals surface area (Å²) >= 11 is 0. The molecule has 23 heavy (non-hydrogen) atoms. The van der Waals surface area contributed by atoms with E-state index in [2.05, 4.69) is 10.6 Å². The van der Waals surface area contributed by atoms with Crippen molar-refractivity contribution >= 4 is 23.6 Å². The Kier molecular flexibility index (Phi) is 5.20. The van der Waals surface area contributed by atoms with Crippen molar-refractivity contribution in [3.8, 4) is 0 Å². The molecule has 0 aromatic heterocycles. The zero-order chi connectivity index (χ0) is 17.0. The fourth-order valence-corrected chi connectivity index (χ4v) is 2.11. The normalized spacial score (nSPS) is 13.5. The molecule has 0 heterocycles. The highest BCUT2D eigenvalue weighted by molar-refractivity contribution is 5.98. The third-order valence-electron chi connectivity index (χ3n) is 3.47. The lowest BCUT2D eigenvalue weighted by atomic mass is 10.1. The minimum absolute atomic E-state index is 0.242. The second-order valence-electron chi connectivity index (χ2n) is 5.87. The average Bonchev–Trinajstić information content (AvgIpc) is 3.27. The van der Waals surface area contributed by atoms with Crippen LogP contribution in [-0.4, -0.2) is 46.5 Å². The second kappa shape index (κ2) is 7.13. The molecule has 7 heteroatoms. The number of anilines is 1. The van der Waals surface area contributed by atoms with Crippen LogP contribution in [0.5, 0.6) is 0 Å². The van der Waals surface area contributed by atoms with Crippen LogP contribution >= 0.6 is 0 Å². The summed E-state index contributed by atoms with van der Waals surface area (Å²) in [5.74, 6) is -1.45. The number of carbonyl (C=O) groups is 3. The van der Waals surface area contributed by atoms with Crippen molar-refractivity contribution in [3.05, 3.63) is 29.8 Å². The van der Waals surface area contributed by atoms with Crippen molar-refractivity contribution in [3.63, 3.8) is 0 Å². The number of carbonyl (C=O) groups excluding carboxylic acids is 2. The van der Waals surface area contributed by atoms with Crippen molar-refractivity contribution in [2.75, 3.05) is 11.9 Å². The van der Waals surface area contributed by atoms with E-state index in [9.17, 15) is 14.4 Å². The van der Waals surface area contributed by atoms with Gasteiger partial charge in [0.2, 0.25) is 0 Å². The first kappa shape index (κ1) is 16.8. The van der Waals surface area contributed by atoms with Gasteiger partial charge >= 0.3 is 12.0 Å². The van der Waals surface area contributed by atoms with E-state index in [1.165, 1.54) is 4.90 Å². The zero-order valence-electron chi connectivity index (χ0n) is 13.2. The van der Waals surface area contributed by atoms with Gasteiger partial charge in [0.15, 0.2) is 0 Å². The van der Waals surface area contributed by atoms with Crippen molar-refractivity contribution in [1.29, 1.82) is 0 Å². The maximum absolute atomic E-state index is 12.5. The SMILES string of the molecule is CC(C)N(CC(=O)O)C(=O)c1cccc(NC(=O)NC2CC2)c1. The van der Waals surface area contributed by atoms with Gasteiger partial charge in [-0.2, -0.15) is 0 Å². The Hall–Kier alpha value is -2.57. The topological polar surface area (TPSA) is 98.7 Å². The summed E-state index contributed by atoms with van der Waals surface area (Å²) in [7, 11) is 0. The van der Waals surface area contributed by atoms with E-state index in [0.717, 1.165) is 12.8 Å². The highest BCUT2D eigenvalue weighted by Gasteiger charge is 2.24. The quantitative estimate of drug-likeness (QED) is 0.746. The second-order valence-corrected chi connectivity index (χ2v) is 5.87. The van der Waals surface area contributed by atoms with Gasteiger partial charge in [0, 0.05) is 23.3 Å². The molecule has 1 aromatic rings. The summed E-state index contributed by atoms with van der Waals surface area (Å²) < 4.78 is 0. The molecule has 1 saturated carbocycles. The van der Waals surface area contributed by atoms with E-state index < -0.39 is 5.97 Å². The number of urea groups is 1. The molecule has 1 aliphatic carbocycles. The first-order chi connectivity index (χ1) is 10.9. The van der Waals surface area contributed by atoms with Crippen molar-refractivity contribution < 1.29 is 19.5 Å². The first-order valence-corrected chi connectivity index (χ1v) is 7.57. The molecule has 124 valence electrons. The molecule has 0 spiro atoms. The van der Waals surface area contributed by atoms with E-state index in [1.54, 1.807) is 38.1 Å². The Labute approximate surface area is 134 Å². The van der Waals surface area contributed by atoms with Gasteiger partial charge in [-0.3, -0.25) is 9.59 Å². The van der Waals surface area contributed by atoms with Gasteiger partial charge in [0.05, 0.1) is 0 Å². The van der Waals surface area contributed by atoms with E-state index in [-0.39, 0.29) is 30.6 Å². The average molecular weight is 319 g/mol. The van der Waals surface area contributed by atoms with Crippen LogP contribution < -0.4 is 10.6 Å². The Bertz CT molecular complexity index is 611. The maximum atomic E-state index is 12.5. The molecule has 0 unspecified atom stereocenters. The monoisotopic (exact) mass is 319 g/mol. The largest absolute Gasteiger partial charge is 0.480 e. The van der Waals surface area contributed by atoms with Crippen molar-refractivity contribution in [2.24, 2.45) is 0 Å². The molecule has 3 amide bonds. The number of hydrogen-bond donors (Lipinski definition) is 3. The van der Waals surface area contributed by atoms with Crippen LogP contribution in [0.1, 0.15) is 37.0 Å². The smallest absolute Gasteiger partial charge is 0.323 e. The van der Waals surface area contributed by atoms with Crippen LogP contribution in [0.2, 0.25) is 0 Å². The molecule has 1 aromatic carbocycles. The van der Waals surface area contributed by atoms with E-state index in [1.807, 2.05) is 0 Å². The predicted octanol–water partition coefficient (Wildman–Crippen LogP) is 1.91. The molecule has 0 bridgehead atoms. The Morgan fingerprint density at radius 1 is 1.30 bits per heavy atom. The molecule has 2 rings (SSSR count). The minimum atomic E-state index is -1.06. The molecule has 0 saturated heterocycles. The van der Waals surface area contributed by atoms with Crippen LogP contribution in [0.15, 0.2) is 24.3 Å². The van der Waals surface area contributed by atoms with Gasteiger partial charge in [0.25, 0.3) is 5.91 Å². The van der Waals surface area contributed by atoms with Gasteiger partial charge in [-0.1, -0.05) is 6.07 Å². The molecule has 0 atom stereocenters. The lowest BCUT2D eigenvalue weighted by molar-refractivity contribution is -0.138. The number of carboxylic acids is 1. The summed E-state index contributed by atoms with van der Waals surface area (Å²) in [4.78, 5) is 36.4. The van der Waals surface area contributed by atoms with Crippen LogP contribution in [0, 0.1) is 0 Å². The summed E-state index contributed by atoms with van der Waals surface area (Å²) in [6.07, 6.45) is 1.98. The lowest BCUT2D eigenvalue weighted by Gasteiger charge is -2.25. The summed E-state index contributed by atoms with van der Waals surface area (Å²) in [6.45, 7) is 3.15. The van der Waals surface area contributed by atoms with E-state index in [0.29, 0.717) is 11.3 Å². The molecule has 0 aliphatic heterocycles. The van der Waals surface area contributed by atoms with Crippen LogP contribution in [0.25, 0.3) is 0 Å². The zero-order valence-corrected chi connectivity index (χ0v) is 13.2. The number of nitrogens with zero attached hydrogens (tertiary/aromatic N) is 1. The van der Waals surface area contributed by atoms with Crippen LogP contribution in [0.4, 0.5) is 10.5 Å². The lowest BCUT2D eigenvalue weighted by Crippen LogP contribution is -2.40. The molecule has 1 aliphatic rings. The molecule has 3 N–H and O–H groups in total. The fraction of sp³-hybridized carbons (Fsp3) is 0.438. The number of amides is 3. The number of nitrogens with one attached hydrogen (secondary N) is 2. The first-order valence-electron chi connectivity index (χ1n) is 7.57. The number of carboxylic acid groups (broad SMARTS) is 1. The summed E-state index contributed by atoms with van der Waals surface area (Å²) in [6, 6.07) is 6.18. The number of aliphatic carboxylic acids is 1. The van der Waals surface area contributed by atoms with E-state index in [4.69, 9.17) is 5.11 Å². The molecular weight excluding hydrogens is 298 g/mol. The van der Waals surface area contributed by atoms with Crippen LogP contribution in [-0.2, 0) is 4.79 Å². The molecule has 7 nitrogen and oxygen atoms in total. The number of benzene rings is 1. The van der Waals surface area contributed by atoms with Gasteiger partial charge in [-0.25, -0.2) is 4.79 Å². The highest BCUT2D eigenvalue weighted by Crippen LogP contribution is 2.19. The number of hydrogen-bond acceptors (Lipinski definition) is 3. The Morgan fingerprint density at radius 2 is 2.00 bits per heavy atom. The van der Waals surface area contributed by atoms with E-state index >= 15 is 0 Å². The van der Waals surface area contributed by atoms with Gasteiger partial charge in [0.1, 0.15) is 6.54 Å². The van der Waals surface area contributed by atoms with Crippen molar-refractivity contribution in [1.82, 2.24) is 10.2 Å². The summed E-state index contributed by atoms with van der Waals surface area (Å²) in [5, 5.41) is 14.4. The Balaban J connectivity index is 2.08. The van der Waals surface area contributed by atoms with Gasteiger partial charge < -0.3 is 20.6 Å². The maximum Gasteiger partial charge on any atom is 0.323 e. The molecular formula is C16H21N3O4. The minimum Gasteiger partial charge on any atom is -0.480 e. The van der Waals surface area contributed by atoms with Gasteiger partial charge in [-0.05, 0) is 44.9 Å². The van der Waals surface area contributed by atoms with Gasteiger partial charge in [-0.15, -0.1) is 0 Å².